The normalized spacial score (nSPS) is 12.9. The van der Waals surface area contributed by atoms with Gasteiger partial charge in [0.1, 0.15) is 12.4 Å². The Morgan fingerprint density at radius 3 is 2.85 bits per heavy atom. The Balaban J connectivity index is 1.66. The molecule has 0 radical (unpaired) electrons. The maximum atomic E-state index is 14.3. The Labute approximate surface area is 156 Å². The highest BCUT2D eigenvalue weighted by molar-refractivity contribution is 5.92. The van der Waals surface area contributed by atoms with Gasteiger partial charge in [-0.3, -0.25) is 9.67 Å². The molecule has 27 heavy (non-hydrogen) atoms. The quantitative estimate of drug-likeness (QED) is 0.684. The van der Waals surface area contributed by atoms with Crippen LogP contribution < -0.4 is 9.64 Å². The van der Waals surface area contributed by atoms with Crippen LogP contribution in [0.4, 0.5) is 15.9 Å². The minimum atomic E-state index is -0.425. The van der Waals surface area contributed by atoms with Crippen molar-refractivity contribution in [2.45, 2.75) is 6.61 Å². The molecular formula is C20H19FN4O2. The number of ether oxygens (including phenoxy) is 2. The molecule has 6 nitrogen and oxygen atoms in total. The smallest absolute Gasteiger partial charge is 0.168 e. The third kappa shape index (κ3) is 3.41. The van der Waals surface area contributed by atoms with Gasteiger partial charge in [-0.1, -0.05) is 12.1 Å². The molecule has 0 bridgehead atoms. The summed E-state index contributed by atoms with van der Waals surface area (Å²) in [6.45, 7) is 0.766. The van der Waals surface area contributed by atoms with Crippen molar-refractivity contribution < 1.29 is 13.9 Å². The van der Waals surface area contributed by atoms with Crippen LogP contribution in [0.15, 0.2) is 53.7 Å². The lowest BCUT2D eigenvalue weighted by atomic mass is 10.1. The number of fused-ring (bicyclic) bond motifs is 1. The number of nitrogens with zero attached hydrogens (tertiary/aromatic N) is 4. The monoisotopic (exact) mass is 366 g/mol. The molecule has 1 aromatic heterocycles. The van der Waals surface area contributed by atoms with Crippen molar-refractivity contribution in [1.29, 1.82) is 0 Å². The predicted octanol–water partition coefficient (Wildman–Crippen LogP) is 4.03. The summed E-state index contributed by atoms with van der Waals surface area (Å²) in [6, 6.07) is 12.3. The highest BCUT2D eigenvalue weighted by Gasteiger charge is 2.19. The first-order valence-corrected chi connectivity index (χ1v) is 8.51. The molecule has 0 aliphatic carbocycles. The summed E-state index contributed by atoms with van der Waals surface area (Å²) >= 11 is 0. The van der Waals surface area contributed by atoms with Gasteiger partial charge >= 0.3 is 0 Å². The van der Waals surface area contributed by atoms with E-state index in [0.717, 1.165) is 17.1 Å². The van der Waals surface area contributed by atoms with Crippen molar-refractivity contribution >= 4 is 17.7 Å². The summed E-state index contributed by atoms with van der Waals surface area (Å²) in [7, 11) is 3.44. The van der Waals surface area contributed by atoms with E-state index in [-0.39, 0.29) is 12.4 Å². The van der Waals surface area contributed by atoms with Crippen molar-refractivity contribution in [3.63, 3.8) is 0 Å². The molecule has 0 unspecified atom stereocenters. The topological polar surface area (TPSA) is 51.9 Å². The zero-order valence-electron chi connectivity index (χ0n) is 15.1. The summed E-state index contributed by atoms with van der Waals surface area (Å²) in [5.41, 5.74) is 2.51. The fourth-order valence-electron chi connectivity index (χ4n) is 3.04. The van der Waals surface area contributed by atoms with Crippen molar-refractivity contribution in [3.8, 4) is 11.5 Å². The van der Waals surface area contributed by atoms with Crippen molar-refractivity contribution in [2.24, 2.45) is 12.0 Å². The van der Waals surface area contributed by atoms with Crippen LogP contribution in [-0.4, -0.2) is 29.8 Å². The van der Waals surface area contributed by atoms with Gasteiger partial charge in [0.25, 0.3) is 0 Å². The first kappa shape index (κ1) is 17.2. The van der Waals surface area contributed by atoms with Gasteiger partial charge in [-0.15, -0.1) is 0 Å². The van der Waals surface area contributed by atoms with Crippen LogP contribution in [0.1, 0.15) is 11.1 Å². The molecule has 1 aliphatic rings. The van der Waals surface area contributed by atoms with E-state index in [2.05, 4.69) is 10.1 Å². The summed E-state index contributed by atoms with van der Waals surface area (Å²) in [5, 5.41) is 4.44. The van der Waals surface area contributed by atoms with Gasteiger partial charge in [0.05, 0.1) is 12.3 Å². The van der Waals surface area contributed by atoms with E-state index in [0.29, 0.717) is 18.0 Å². The standard InChI is InChI=1S/C20H19FN4O2/c1-24-9-8-19(23-24)25-13-22-11-15-10-16(6-7-18(15)25)27-20-14(12-26-2)4-3-5-17(20)21/h3-11H,12-13H2,1-2H3. The third-order valence-corrected chi connectivity index (χ3v) is 4.29. The third-order valence-electron chi connectivity index (χ3n) is 4.29. The van der Waals surface area contributed by atoms with E-state index in [1.165, 1.54) is 6.07 Å². The summed E-state index contributed by atoms with van der Waals surface area (Å²) < 4.78 is 27.0. The number of benzene rings is 2. The number of anilines is 2. The second kappa shape index (κ2) is 7.20. The van der Waals surface area contributed by atoms with Gasteiger partial charge < -0.3 is 14.4 Å². The number of hydrogen-bond donors (Lipinski definition) is 0. The van der Waals surface area contributed by atoms with Crippen molar-refractivity contribution in [2.75, 3.05) is 18.7 Å². The second-order valence-corrected chi connectivity index (χ2v) is 6.21. The Bertz CT molecular complexity index is 999. The molecule has 2 heterocycles. The number of aromatic nitrogens is 2. The molecule has 4 rings (SSSR count). The first-order valence-electron chi connectivity index (χ1n) is 8.51. The zero-order valence-corrected chi connectivity index (χ0v) is 15.1. The molecule has 0 atom stereocenters. The van der Waals surface area contributed by atoms with Crippen LogP contribution in [0.2, 0.25) is 0 Å². The Morgan fingerprint density at radius 1 is 1.19 bits per heavy atom. The molecule has 0 saturated carbocycles. The minimum absolute atomic E-state index is 0.175. The molecule has 7 heteroatoms. The average Bonchev–Trinajstić information content (AvgIpc) is 3.10. The predicted molar refractivity (Wildman–Crippen MR) is 101 cm³/mol. The molecular weight excluding hydrogens is 347 g/mol. The van der Waals surface area contributed by atoms with Gasteiger partial charge in [0.2, 0.25) is 0 Å². The van der Waals surface area contributed by atoms with E-state index in [9.17, 15) is 4.39 Å². The fraction of sp³-hybridized carbons (Fsp3) is 0.200. The van der Waals surface area contributed by atoms with Gasteiger partial charge in [0.15, 0.2) is 17.4 Å². The lowest BCUT2D eigenvalue weighted by molar-refractivity contribution is 0.181. The van der Waals surface area contributed by atoms with E-state index in [1.807, 2.05) is 42.4 Å². The number of aryl methyl sites for hydroxylation is 1. The second-order valence-electron chi connectivity index (χ2n) is 6.21. The molecule has 1 aliphatic heterocycles. The highest BCUT2D eigenvalue weighted by Crippen LogP contribution is 2.34. The van der Waals surface area contributed by atoms with Gasteiger partial charge in [0, 0.05) is 43.8 Å². The lowest BCUT2D eigenvalue weighted by Gasteiger charge is -2.25. The SMILES string of the molecule is COCc1cccc(F)c1Oc1ccc2c(c1)C=NCN2c1ccn(C)n1. The first-order chi connectivity index (χ1) is 13.2. The summed E-state index contributed by atoms with van der Waals surface area (Å²) in [6.07, 6.45) is 3.68. The molecule has 0 amide bonds. The molecule has 0 spiro atoms. The number of para-hydroxylation sites is 1. The zero-order chi connectivity index (χ0) is 18.8. The van der Waals surface area contributed by atoms with Crippen LogP contribution in [0.25, 0.3) is 0 Å². The molecule has 0 fully saturated rings. The van der Waals surface area contributed by atoms with Crippen LogP contribution in [0.5, 0.6) is 11.5 Å². The molecule has 0 N–H and O–H groups in total. The molecule has 2 aromatic carbocycles. The lowest BCUT2D eigenvalue weighted by Crippen LogP contribution is -2.22. The number of aliphatic imine (C=N–C) groups is 1. The summed E-state index contributed by atoms with van der Waals surface area (Å²) in [5.74, 6) is 1.10. The number of halogens is 1. The van der Waals surface area contributed by atoms with Crippen LogP contribution >= 0.6 is 0 Å². The van der Waals surface area contributed by atoms with Crippen LogP contribution in [-0.2, 0) is 18.4 Å². The summed E-state index contributed by atoms with van der Waals surface area (Å²) in [4.78, 5) is 6.41. The maximum absolute atomic E-state index is 14.3. The highest BCUT2D eigenvalue weighted by atomic mass is 19.1. The van der Waals surface area contributed by atoms with E-state index in [1.54, 1.807) is 30.1 Å². The largest absolute Gasteiger partial charge is 0.454 e. The Hall–Kier alpha value is -3.19. The molecule has 0 saturated heterocycles. The Morgan fingerprint density at radius 2 is 2.07 bits per heavy atom. The van der Waals surface area contributed by atoms with E-state index >= 15 is 0 Å². The minimum Gasteiger partial charge on any atom is -0.454 e. The number of rotatable bonds is 5. The van der Waals surface area contributed by atoms with E-state index < -0.39 is 5.82 Å². The van der Waals surface area contributed by atoms with Crippen molar-refractivity contribution in [3.05, 3.63) is 65.6 Å². The number of methoxy groups -OCH3 is 1. The van der Waals surface area contributed by atoms with Crippen LogP contribution in [0.3, 0.4) is 0 Å². The average molecular weight is 366 g/mol. The number of hydrogen-bond acceptors (Lipinski definition) is 5. The van der Waals surface area contributed by atoms with Crippen LogP contribution in [0, 0.1) is 5.82 Å². The maximum Gasteiger partial charge on any atom is 0.168 e. The van der Waals surface area contributed by atoms with Gasteiger partial charge in [-0.05, 0) is 24.3 Å². The van der Waals surface area contributed by atoms with Gasteiger partial charge in [-0.2, -0.15) is 5.10 Å². The molecule has 138 valence electrons. The van der Waals surface area contributed by atoms with E-state index in [4.69, 9.17) is 9.47 Å². The Kier molecular flexibility index (Phi) is 4.60. The molecule has 3 aromatic rings. The van der Waals surface area contributed by atoms with Crippen molar-refractivity contribution in [1.82, 2.24) is 9.78 Å². The van der Waals surface area contributed by atoms with Gasteiger partial charge in [-0.25, -0.2) is 4.39 Å². The fourth-order valence-corrected chi connectivity index (χ4v) is 3.04.